The van der Waals surface area contributed by atoms with Gasteiger partial charge in [-0.05, 0) is 49.6 Å². The van der Waals surface area contributed by atoms with Crippen LogP contribution in [0, 0.1) is 13.8 Å². The predicted molar refractivity (Wildman–Crippen MR) is 53.1 cm³/mol. The monoisotopic (exact) mass is 164 g/mol. The molecule has 0 aliphatic heterocycles. The maximum Gasteiger partial charge on any atom is 0.0349 e. The second-order valence-corrected chi connectivity index (χ2v) is 3.18. The molecule has 1 aromatic rings. The summed E-state index contributed by atoms with van der Waals surface area (Å²) in [6.45, 7) is 4.78. The molecule has 4 N–H and O–H groups in total. The van der Waals surface area contributed by atoms with Crippen molar-refractivity contribution >= 4 is 5.69 Å². The van der Waals surface area contributed by atoms with Gasteiger partial charge in [0.15, 0.2) is 0 Å². The van der Waals surface area contributed by atoms with Gasteiger partial charge in [-0.15, -0.1) is 0 Å². The van der Waals surface area contributed by atoms with Crippen molar-refractivity contribution in [3.05, 3.63) is 28.8 Å². The van der Waals surface area contributed by atoms with Crippen LogP contribution in [0.1, 0.15) is 16.7 Å². The Morgan fingerprint density at radius 3 is 2.50 bits per heavy atom. The van der Waals surface area contributed by atoms with Crippen LogP contribution < -0.4 is 11.5 Å². The Hall–Kier alpha value is -1.02. The van der Waals surface area contributed by atoms with E-state index >= 15 is 0 Å². The highest BCUT2D eigenvalue weighted by molar-refractivity contribution is 5.52. The molecule has 1 aromatic carbocycles. The van der Waals surface area contributed by atoms with Gasteiger partial charge < -0.3 is 11.5 Å². The Kier molecular flexibility index (Phi) is 2.71. The molecule has 2 nitrogen and oxygen atoms in total. The summed E-state index contributed by atoms with van der Waals surface area (Å²) in [6, 6.07) is 4.15. The van der Waals surface area contributed by atoms with Gasteiger partial charge in [0, 0.05) is 5.69 Å². The van der Waals surface area contributed by atoms with Crippen LogP contribution in [0.3, 0.4) is 0 Å². The summed E-state index contributed by atoms with van der Waals surface area (Å²) >= 11 is 0. The summed E-state index contributed by atoms with van der Waals surface area (Å²) < 4.78 is 0. The number of nitrogens with two attached hydrogens (primary N) is 2. The molecule has 0 aliphatic carbocycles. The normalized spacial score (nSPS) is 10.2. The van der Waals surface area contributed by atoms with Crippen molar-refractivity contribution in [2.75, 3.05) is 12.3 Å². The topological polar surface area (TPSA) is 52.0 Å². The van der Waals surface area contributed by atoms with Crippen molar-refractivity contribution in [2.45, 2.75) is 20.3 Å². The summed E-state index contributed by atoms with van der Waals surface area (Å²) in [5.74, 6) is 0. The van der Waals surface area contributed by atoms with Crippen LogP contribution in [-0.4, -0.2) is 6.54 Å². The molecule has 0 unspecified atom stereocenters. The quantitative estimate of drug-likeness (QED) is 0.649. The van der Waals surface area contributed by atoms with Crippen molar-refractivity contribution in [1.29, 1.82) is 0 Å². The number of hydrogen-bond donors (Lipinski definition) is 2. The Morgan fingerprint density at radius 2 is 1.92 bits per heavy atom. The highest BCUT2D eigenvalue weighted by Crippen LogP contribution is 2.18. The van der Waals surface area contributed by atoms with Gasteiger partial charge in [0.1, 0.15) is 0 Å². The molecular formula is C10H16N2. The summed E-state index contributed by atoms with van der Waals surface area (Å²) in [7, 11) is 0. The van der Waals surface area contributed by atoms with E-state index in [1.165, 1.54) is 16.7 Å². The SMILES string of the molecule is Cc1cc(N)c(C)c(CCN)c1. The summed E-state index contributed by atoms with van der Waals surface area (Å²) in [4.78, 5) is 0. The molecule has 0 aliphatic rings. The molecule has 66 valence electrons. The molecular weight excluding hydrogens is 148 g/mol. The van der Waals surface area contributed by atoms with E-state index < -0.39 is 0 Å². The summed E-state index contributed by atoms with van der Waals surface area (Å²) in [5, 5.41) is 0. The van der Waals surface area contributed by atoms with Crippen LogP contribution in [0.15, 0.2) is 12.1 Å². The van der Waals surface area contributed by atoms with Gasteiger partial charge in [-0.3, -0.25) is 0 Å². The van der Waals surface area contributed by atoms with Gasteiger partial charge in [-0.1, -0.05) is 6.07 Å². The zero-order valence-corrected chi connectivity index (χ0v) is 7.72. The lowest BCUT2D eigenvalue weighted by Crippen LogP contribution is -2.05. The van der Waals surface area contributed by atoms with E-state index in [0.717, 1.165) is 12.1 Å². The lowest BCUT2D eigenvalue weighted by Gasteiger charge is -2.08. The Balaban J connectivity index is 3.09. The van der Waals surface area contributed by atoms with Crippen molar-refractivity contribution < 1.29 is 0 Å². The second-order valence-electron chi connectivity index (χ2n) is 3.18. The number of benzene rings is 1. The second kappa shape index (κ2) is 3.59. The van der Waals surface area contributed by atoms with E-state index in [1.807, 2.05) is 13.0 Å². The molecule has 0 heterocycles. The van der Waals surface area contributed by atoms with Crippen molar-refractivity contribution in [1.82, 2.24) is 0 Å². The molecule has 0 atom stereocenters. The first-order valence-electron chi connectivity index (χ1n) is 4.21. The maximum absolute atomic E-state index is 5.81. The smallest absolute Gasteiger partial charge is 0.0349 e. The number of aryl methyl sites for hydroxylation is 1. The number of hydrogen-bond acceptors (Lipinski definition) is 2. The maximum atomic E-state index is 5.81. The van der Waals surface area contributed by atoms with Gasteiger partial charge in [0.2, 0.25) is 0 Å². The zero-order valence-electron chi connectivity index (χ0n) is 7.72. The van der Waals surface area contributed by atoms with Crippen molar-refractivity contribution in [2.24, 2.45) is 5.73 Å². The van der Waals surface area contributed by atoms with Gasteiger partial charge in [0.25, 0.3) is 0 Å². The molecule has 0 fully saturated rings. The van der Waals surface area contributed by atoms with Crippen LogP contribution in [0.2, 0.25) is 0 Å². The van der Waals surface area contributed by atoms with E-state index in [1.54, 1.807) is 0 Å². The standard InChI is InChI=1S/C10H16N2/c1-7-5-9(3-4-11)8(2)10(12)6-7/h5-6H,3-4,11-12H2,1-2H3. The predicted octanol–water partition coefficient (Wildman–Crippen LogP) is 1.39. The Morgan fingerprint density at radius 1 is 1.25 bits per heavy atom. The highest BCUT2D eigenvalue weighted by Gasteiger charge is 2.01. The van der Waals surface area contributed by atoms with Crippen molar-refractivity contribution in [3.8, 4) is 0 Å². The first-order chi connectivity index (χ1) is 5.65. The molecule has 1 rings (SSSR count). The molecule has 0 aromatic heterocycles. The summed E-state index contributed by atoms with van der Waals surface area (Å²) in [6.07, 6.45) is 0.914. The lowest BCUT2D eigenvalue weighted by atomic mass is 10.0. The van der Waals surface area contributed by atoms with Crippen LogP contribution in [-0.2, 0) is 6.42 Å². The molecule has 0 radical (unpaired) electrons. The van der Waals surface area contributed by atoms with E-state index in [4.69, 9.17) is 11.5 Å². The van der Waals surface area contributed by atoms with Crippen LogP contribution in [0.4, 0.5) is 5.69 Å². The average Bonchev–Trinajstić information content (AvgIpc) is 2.00. The first kappa shape index (κ1) is 9.07. The first-order valence-corrected chi connectivity index (χ1v) is 4.21. The Labute approximate surface area is 73.6 Å². The zero-order chi connectivity index (χ0) is 9.14. The number of anilines is 1. The fraction of sp³-hybridized carbons (Fsp3) is 0.400. The van der Waals surface area contributed by atoms with Crippen LogP contribution in [0.5, 0.6) is 0 Å². The largest absolute Gasteiger partial charge is 0.398 e. The van der Waals surface area contributed by atoms with Crippen LogP contribution >= 0.6 is 0 Å². The molecule has 0 saturated carbocycles. The minimum atomic E-state index is 0.684. The molecule has 0 bridgehead atoms. The third-order valence-corrected chi connectivity index (χ3v) is 2.11. The van der Waals surface area contributed by atoms with Gasteiger partial charge >= 0.3 is 0 Å². The molecule has 12 heavy (non-hydrogen) atoms. The highest BCUT2D eigenvalue weighted by atomic mass is 14.6. The lowest BCUT2D eigenvalue weighted by molar-refractivity contribution is 0.956. The van der Waals surface area contributed by atoms with Gasteiger partial charge in [-0.2, -0.15) is 0 Å². The van der Waals surface area contributed by atoms with Crippen LogP contribution in [0.25, 0.3) is 0 Å². The minimum Gasteiger partial charge on any atom is -0.398 e. The fourth-order valence-corrected chi connectivity index (χ4v) is 1.38. The third-order valence-electron chi connectivity index (χ3n) is 2.11. The van der Waals surface area contributed by atoms with Gasteiger partial charge in [-0.25, -0.2) is 0 Å². The summed E-state index contributed by atoms with van der Waals surface area (Å²) in [5.41, 5.74) is 15.8. The van der Waals surface area contributed by atoms with E-state index in [0.29, 0.717) is 6.54 Å². The number of rotatable bonds is 2. The Bertz CT molecular complexity index is 279. The third kappa shape index (κ3) is 1.77. The van der Waals surface area contributed by atoms with Crippen molar-refractivity contribution in [3.63, 3.8) is 0 Å². The van der Waals surface area contributed by atoms with E-state index in [9.17, 15) is 0 Å². The fourth-order valence-electron chi connectivity index (χ4n) is 1.38. The minimum absolute atomic E-state index is 0.684. The molecule has 0 amide bonds. The molecule has 2 heteroatoms. The average molecular weight is 164 g/mol. The van der Waals surface area contributed by atoms with Gasteiger partial charge in [0.05, 0.1) is 0 Å². The molecule has 0 spiro atoms. The number of nitrogen functional groups attached to an aromatic ring is 1. The van der Waals surface area contributed by atoms with E-state index in [2.05, 4.69) is 13.0 Å². The van der Waals surface area contributed by atoms with E-state index in [-0.39, 0.29) is 0 Å². The molecule has 0 saturated heterocycles.